The maximum Gasteiger partial charge on any atom is 0.150 e. The Kier molecular flexibility index (Phi) is 2.33. The number of aryl methyl sites for hydroxylation is 1. The highest BCUT2D eigenvalue weighted by molar-refractivity contribution is 5.75. The van der Waals surface area contributed by atoms with Crippen LogP contribution in [0.4, 0.5) is 4.39 Å². The molecule has 0 aliphatic rings. The Hall–Kier alpha value is -1.97. The van der Waals surface area contributed by atoms with Crippen molar-refractivity contribution in [3.05, 3.63) is 47.8 Å². The first kappa shape index (κ1) is 9.58. The summed E-state index contributed by atoms with van der Waals surface area (Å²) in [5.74, 6) is -0.430. The molecule has 3 nitrogen and oxygen atoms in total. The van der Waals surface area contributed by atoms with Crippen LogP contribution in [0.1, 0.15) is 16.1 Å². The summed E-state index contributed by atoms with van der Waals surface area (Å²) in [5, 5.41) is 0. The minimum Gasteiger partial charge on any atom is -0.301 e. The second-order valence-electron chi connectivity index (χ2n) is 3.23. The van der Waals surface area contributed by atoms with Crippen LogP contribution < -0.4 is 0 Å². The predicted octanol–water partition coefficient (Wildman–Crippen LogP) is 2.13. The van der Waals surface area contributed by atoms with Crippen LogP contribution in [0.2, 0.25) is 0 Å². The number of aromatic nitrogens is 2. The molecule has 0 bridgehead atoms. The van der Waals surface area contributed by atoms with Crippen LogP contribution >= 0.6 is 0 Å². The standard InChI is InChI=1S/C11H9FN2O/c1-8-5-13-7-14(8)11-3-2-9(6-15)4-10(11)12/h2-7H,1H3. The Labute approximate surface area is 86.2 Å². The second kappa shape index (κ2) is 3.65. The molecule has 1 aromatic carbocycles. The molecule has 0 unspecified atom stereocenters. The van der Waals surface area contributed by atoms with Crippen molar-refractivity contribution in [3.8, 4) is 5.69 Å². The monoisotopic (exact) mass is 204 g/mol. The van der Waals surface area contributed by atoms with E-state index in [1.807, 2.05) is 6.92 Å². The molecule has 1 aromatic heterocycles. The summed E-state index contributed by atoms with van der Waals surface area (Å²) in [7, 11) is 0. The summed E-state index contributed by atoms with van der Waals surface area (Å²) < 4.78 is 15.2. The molecule has 76 valence electrons. The number of hydrogen-bond acceptors (Lipinski definition) is 2. The Bertz CT molecular complexity index is 505. The number of rotatable bonds is 2. The Morgan fingerprint density at radius 3 is 2.80 bits per heavy atom. The van der Waals surface area contributed by atoms with Crippen LogP contribution in [0.3, 0.4) is 0 Å². The predicted molar refractivity (Wildman–Crippen MR) is 53.6 cm³/mol. The highest BCUT2D eigenvalue weighted by Gasteiger charge is 2.06. The van der Waals surface area contributed by atoms with E-state index in [0.29, 0.717) is 17.5 Å². The van der Waals surface area contributed by atoms with Gasteiger partial charge in [0, 0.05) is 17.5 Å². The summed E-state index contributed by atoms with van der Waals surface area (Å²) >= 11 is 0. The van der Waals surface area contributed by atoms with Crippen molar-refractivity contribution in [1.82, 2.24) is 9.55 Å². The SMILES string of the molecule is Cc1cncn1-c1ccc(C=O)cc1F. The van der Waals surface area contributed by atoms with E-state index in [2.05, 4.69) is 4.98 Å². The minimum atomic E-state index is -0.430. The third-order valence-corrected chi connectivity index (χ3v) is 2.19. The average Bonchev–Trinajstić information content (AvgIpc) is 2.64. The molecular formula is C11H9FN2O. The maximum absolute atomic E-state index is 13.6. The Morgan fingerprint density at radius 2 is 2.27 bits per heavy atom. The number of carbonyl (C=O) groups excluding carboxylic acids is 1. The molecule has 1 heterocycles. The normalized spacial score (nSPS) is 10.3. The zero-order valence-electron chi connectivity index (χ0n) is 8.14. The molecule has 0 amide bonds. The van der Waals surface area contributed by atoms with Crippen LogP contribution in [-0.2, 0) is 0 Å². The Balaban J connectivity index is 2.55. The molecule has 0 fully saturated rings. The number of imidazole rings is 1. The summed E-state index contributed by atoms with van der Waals surface area (Å²) in [6.45, 7) is 1.83. The van der Waals surface area contributed by atoms with Crippen molar-refractivity contribution in [3.63, 3.8) is 0 Å². The van der Waals surface area contributed by atoms with Gasteiger partial charge in [-0.2, -0.15) is 0 Å². The summed E-state index contributed by atoms with van der Waals surface area (Å²) in [6, 6.07) is 4.35. The highest BCUT2D eigenvalue weighted by Crippen LogP contribution is 2.15. The molecule has 0 radical (unpaired) electrons. The van der Waals surface area contributed by atoms with Crippen LogP contribution in [0.15, 0.2) is 30.7 Å². The third-order valence-electron chi connectivity index (χ3n) is 2.19. The van der Waals surface area contributed by atoms with Crippen molar-refractivity contribution >= 4 is 6.29 Å². The minimum absolute atomic E-state index is 0.328. The lowest BCUT2D eigenvalue weighted by molar-refractivity contribution is 0.112. The van der Waals surface area contributed by atoms with Crippen molar-refractivity contribution in [1.29, 1.82) is 0 Å². The molecule has 2 aromatic rings. The number of halogens is 1. The van der Waals surface area contributed by atoms with E-state index in [9.17, 15) is 9.18 Å². The summed E-state index contributed by atoms with van der Waals surface area (Å²) in [5.41, 5.74) is 1.57. The van der Waals surface area contributed by atoms with Gasteiger partial charge in [-0.15, -0.1) is 0 Å². The van der Waals surface area contributed by atoms with Gasteiger partial charge in [0.15, 0.2) is 0 Å². The number of aldehydes is 1. The van der Waals surface area contributed by atoms with Crippen LogP contribution in [0.5, 0.6) is 0 Å². The van der Waals surface area contributed by atoms with Gasteiger partial charge < -0.3 is 4.57 Å². The van der Waals surface area contributed by atoms with Gasteiger partial charge in [0.05, 0.1) is 12.0 Å². The van der Waals surface area contributed by atoms with Gasteiger partial charge in [-0.1, -0.05) is 0 Å². The van der Waals surface area contributed by atoms with Gasteiger partial charge in [0.1, 0.15) is 12.1 Å². The first-order valence-electron chi connectivity index (χ1n) is 4.46. The van der Waals surface area contributed by atoms with Gasteiger partial charge in [-0.05, 0) is 25.1 Å². The lowest BCUT2D eigenvalue weighted by Gasteiger charge is -2.06. The fourth-order valence-electron chi connectivity index (χ4n) is 1.41. The first-order valence-corrected chi connectivity index (χ1v) is 4.46. The summed E-state index contributed by atoms with van der Waals surface area (Å²) in [6.07, 6.45) is 3.80. The second-order valence-corrected chi connectivity index (χ2v) is 3.23. The molecule has 0 aliphatic carbocycles. The molecule has 0 N–H and O–H groups in total. The zero-order valence-corrected chi connectivity index (χ0v) is 8.14. The fraction of sp³-hybridized carbons (Fsp3) is 0.0909. The van der Waals surface area contributed by atoms with Crippen LogP contribution in [0.25, 0.3) is 5.69 Å². The molecule has 0 spiro atoms. The van der Waals surface area contributed by atoms with E-state index in [0.717, 1.165) is 5.69 Å². The van der Waals surface area contributed by atoms with Crippen LogP contribution in [0, 0.1) is 12.7 Å². The number of nitrogens with zero attached hydrogens (tertiary/aromatic N) is 2. The van der Waals surface area contributed by atoms with Gasteiger partial charge in [-0.3, -0.25) is 4.79 Å². The van der Waals surface area contributed by atoms with Gasteiger partial charge in [-0.25, -0.2) is 9.37 Å². The highest BCUT2D eigenvalue weighted by atomic mass is 19.1. The lowest BCUT2D eigenvalue weighted by Crippen LogP contribution is -1.99. The van der Waals surface area contributed by atoms with E-state index < -0.39 is 5.82 Å². The molecule has 0 aliphatic heterocycles. The lowest BCUT2D eigenvalue weighted by atomic mass is 10.2. The van der Waals surface area contributed by atoms with E-state index in [-0.39, 0.29) is 0 Å². The molecule has 0 saturated carbocycles. The molecule has 15 heavy (non-hydrogen) atoms. The molecule has 0 atom stereocenters. The molecule has 0 saturated heterocycles. The van der Waals surface area contributed by atoms with Crippen LogP contribution in [-0.4, -0.2) is 15.8 Å². The maximum atomic E-state index is 13.6. The van der Waals surface area contributed by atoms with Crippen molar-refractivity contribution in [2.24, 2.45) is 0 Å². The first-order chi connectivity index (χ1) is 7.22. The number of hydrogen-bond donors (Lipinski definition) is 0. The molecule has 4 heteroatoms. The number of benzene rings is 1. The topological polar surface area (TPSA) is 34.9 Å². The Morgan fingerprint density at radius 1 is 1.47 bits per heavy atom. The van der Waals surface area contributed by atoms with Gasteiger partial charge in [0.25, 0.3) is 0 Å². The van der Waals surface area contributed by atoms with E-state index in [1.165, 1.54) is 12.4 Å². The average molecular weight is 204 g/mol. The van der Waals surface area contributed by atoms with E-state index in [1.54, 1.807) is 22.9 Å². The zero-order chi connectivity index (χ0) is 10.8. The fourth-order valence-corrected chi connectivity index (χ4v) is 1.41. The van der Waals surface area contributed by atoms with Crippen molar-refractivity contribution in [2.45, 2.75) is 6.92 Å². The quantitative estimate of drug-likeness (QED) is 0.702. The van der Waals surface area contributed by atoms with E-state index in [4.69, 9.17) is 0 Å². The molecular weight excluding hydrogens is 195 g/mol. The van der Waals surface area contributed by atoms with Gasteiger partial charge >= 0.3 is 0 Å². The van der Waals surface area contributed by atoms with Crippen molar-refractivity contribution in [2.75, 3.05) is 0 Å². The number of carbonyl (C=O) groups is 1. The van der Waals surface area contributed by atoms with Gasteiger partial charge in [0.2, 0.25) is 0 Å². The molecule has 2 rings (SSSR count). The summed E-state index contributed by atoms with van der Waals surface area (Å²) in [4.78, 5) is 14.3. The van der Waals surface area contributed by atoms with E-state index >= 15 is 0 Å². The third kappa shape index (κ3) is 1.66. The largest absolute Gasteiger partial charge is 0.301 e. The van der Waals surface area contributed by atoms with Crippen molar-refractivity contribution < 1.29 is 9.18 Å². The smallest absolute Gasteiger partial charge is 0.150 e.